The first-order valence-electron chi connectivity index (χ1n) is 22.5. The number of phosphoric acid groups is 1. The molecule has 3 N–H and O–H groups in total. The van der Waals surface area contributed by atoms with Crippen molar-refractivity contribution in [3.8, 4) is 0 Å². The van der Waals surface area contributed by atoms with Crippen LogP contribution in [0.5, 0.6) is 0 Å². The Bertz CT molecular complexity index is 1000. The molecule has 0 fully saturated rings. The minimum absolute atomic E-state index is 0.0489. The first-order chi connectivity index (χ1) is 26.8. The van der Waals surface area contributed by atoms with E-state index in [4.69, 9.17) is 24.3 Å². The summed E-state index contributed by atoms with van der Waals surface area (Å²) in [4.78, 5) is 34.9. The molecule has 55 heavy (non-hydrogen) atoms. The van der Waals surface area contributed by atoms with Gasteiger partial charge in [0.25, 0.3) is 0 Å². The van der Waals surface area contributed by atoms with E-state index in [1.807, 2.05) is 0 Å². The summed E-state index contributed by atoms with van der Waals surface area (Å²) >= 11 is 0. The zero-order valence-corrected chi connectivity index (χ0v) is 36.3. The Balaban J connectivity index is 4.15. The summed E-state index contributed by atoms with van der Waals surface area (Å²) in [5.74, 6) is -0.867. The van der Waals surface area contributed by atoms with Crippen molar-refractivity contribution in [2.75, 3.05) is 26.4 Å². The minimum atomic E-state index is -4.38. The summed E-state index contributed by atoms with van der Waals surface area (Å²) in [7, 11) is -4.38. The van der Waals surface area contributed by atoms with Gasteiger partial charge in [0.1, 0.15) is 6.61 Å². The minimum Gasteiger partial charge on any atom is -0.462 e. The van der Waals surface area contributed by atoms with Gasteiger partial charge < -0.3 is 20.1 Å². The van der Waals surface area contributed by atoms with Gasteiger partial charge in [0.05, 0.1) is 13.2 Å². The average molecular weight is 798 g/mol. The number of carbonyl (C=O) groups is 2. The largest absolute Gasteiger partial charge is 0.472 e. The molecule has 0 bridgehead atoms. The van der Waals surface area contributed by atoms with Gasteiger partial charge in [0, 0.05) is 19.4 Å². The monoisotopic (exact) mass is 798 g/mol. The maximum atomic E-state index is 12.6. The van der Waals surface area contributed by atoms with E-state index in [9.17, 15) is 19.0 Å². The van der Waals surface area contributed by atoms with Gasteiger partial charge >= 0.3 is 19.8 Å². The lowest BCUT2D eigenvalue weighted by atomic mass is 10.0. The van der Waals surface area contributed by atoms with E-state index in [1.165, 1.54) is 122 Å². The lowest BCUT2D eigenvalue weighted by molar-refractivity contribution is -0.161. The van der Waals surface area contributed by atoms with Gasteiger partial charge in [0.2, 0.25) is 0 Å². The first kappa shape index (κ1) is 53.2. The van der Waals surface area contributed by atoms with Gasteiger partial charge in [-0.15, -0.1) is 0 Å². The van der Waals surface area contributed by atoms with Crippen LogP contribution in [0.2, 0.25) is 0 Å². The normalized spacial score (nSPS) is 13.6. The van der Waals surface area contributed by atoms with Crippen LogP contribution in [0, 0.1) is 0 Å². The molecule has 9 nitrogen and oxygen atoms in total. The number of allylic oxidation sites excluding steroid dienone is 6. The van der Waals surface area contributed by atoms with E-state index >= 15 is 0 Å². The van der Waals surface area contributed by atoms with Crippen LogP contribution in [0.4, 0.5) is 0 Å². The SMILES string of the molecule is CCCCCC=CCC=CCC=CCCCCC(=O)OCC(COP(=O)(O)OCCN)OC(=O)CCCCCCCCCCCCCCCCCCCCC. The summed E-state index contributed by atoms with van der Waals surface area (Å²) in [6.07, 6.45) is 46.1. The van der Waals surface area contributed by atoms with Crippen molar-refractivity contribution in [1.82, 2.24) is 0 Å². The lowest BCUT2D eigenvalue weighted by Crippen LogP contribution is -2.29. The van der Waals surface area contributed by atoms with Crippen LogP contribution >= 0.6 is 7.82 Å². The molecule has 0 saturated carbocycles. The molecule has 0 spiro atoms. The highest BCUT2D eigenvalue weighted by Gasteiger charge is 2.26. The number of rotatable bonds is 42. The Labute approximate surface area is 337 Å². The zero-order valence-electron chi connectivity index (χ0n) is 35.4. The molecule has 0 rings (SSSR count). The Morgan fingerprint density at radius 1 is 0.545 bits per heavy atom. The molecule has 10 heteroatoms. The Morgan fingerprint density at radius 3 is 1.44 bits per heavy atom. The van der Waals surface area contributed by atoms with Crippen molar-refractivity contribution in [3.63, 3.8) is 0 Å². The fourth-order valence-corrected chi connectivity index (χ4v) is 6.94. The van der Waals surface area contributed by atoms with Gasteiger partial charge in [-0.05, 0) is 51.4 Å². The summed E-state index contributed by atoms with van der Waals surface area (Å²) in [5, 5.41) is 0. The van der Waals surface area contributed by atoms with E-state index in [-0.39, 0.29) is 32.6 Å². The van der Waals surface area contributed by atoms with Crippen LogP contribution in [0.15, 0.2) is 36.5 Å². The van der Waals surface area contributed by atoms with Crippen LogP contribution in [-0.2, 0) is 32.7 Å². The Hall–Kier alpha value is -1.77. The second-order valence-corrected chi connectivity index (χ2v) is 16.4. The van der Waals surface area contributed by atoms with Gasteiger partial charge in [-0.1, -0.05) is 179 Å². The number of hydrogen-bond donors (Lipinski definition) is 2. The lowest BCUT2D eigenvalue weighted by Gasteiger charge is -2.19. The van der Waals surface area contributed by atoms with Crippen LogP contribution in [0.25, 0.3) is 0 Å². The quantitative estimate of drug-likeness (QED) is 0.0268. The molecule has 322 valence electrons. The highest BCUT2D eigenvalue weighted by Crippen LogP contribution is 2.43. The number of unbranched alkanes of at least 4 members (excludes halogenated alkanes) is 23. The van der Waals surface area contributed by atoms with Crippen molar-refractivity contribution < 1.29 is 37.6 Å². The summed E-state index contributed by atoms with van der Waals surface area (Å²) in [6, 6.07) is 0. The molecule has 0 heterocycles. The molecule has 0 radical (unpaired) electrons. The van der Waals surface area contributed by atoms with Gasteiger partial charge in [0.15, 0.2) is 6.10 Å². The molecular weight excluding hydrogens is 713 g/mol. The number of nitrogens with two attached hydrogens (primary N) is 1. The maximum absolute atomic E-state index is 12.6. The smallest absolute Gasteiger partial charge is 0.462 e. The van der Waals surface area contributed by atoms with Crippen molar-refractivity contribution in [2.24, 2.45) is 5.73 Å². The predicted molar refractivity (Wildman–Crippen MR) is 229 cm³/mol. The number of carbonyl (C=O) groups excluding carboxylic acids is 2. The molecule has 2 atom stereocenters. The molecule has 0 aliphatic heterocycles. The van der Waals surface area contributed by atoms with E-state index in [0.717, 1.165) is 44.9 Å². The topological polar surface area (TPSA) is 134 Å². The van der Waals surface area contributed by atoms with Crippen LogP contribution in [0.1, 0.15) is 206 Å². The van der Waals surface area contributed by atoms with Crippen molar-refractivity contribution >= 4 is 19.8 Å². The average Bonchev–Trinajstić information content (AvgIpc) is 3.17. The third-order valence-corrected chi connectivity index (χ3v) is 10.5. The fourth-order valence-electron chi connectivity index (χ4n) is 6.17. The number of ether oxygens (including phenoxy) is 2. The zero-order chi connectivity index (χ0) is 40.3. The highest BCUT2D eigenvalue weighted by molar-refractivity contribution is 7.47. The van der Waals surface area contributed by atoms with Crippen LogP contribution in [0.3, 0.4) is 0 Å². The first-order valence-corrected chi connectivity index (χ1v) is 24.0. The van der Waals surface area contributed by atoms with E-state index < -0.39 is 32.5 Å². The van der Waals surface area contributed by atoms with E-state index in [2.05, 4.69) is 50.3 Å². The molecule has 0 aromatic carbocycles. The standard InChI is InChI=1S/C45H84NO8P/c1-3-5-7-9-11-13-15-17-19-20-21-22-24-26-28-30-32-34-36-38-45(48)54-43(42-53-55(49,50)52-40-39-46)41-51-44(47)37-35-33-31-29-27-25-23-18-16-14-12-10-8-6-4-2/h12,14,18,23,27,29,43H,3-11,13,15-17,19-22,24-26,28,30-42,46H2,1-2H3,(H,49,50). The van der Waals surface area contributed by atoms with Crippen molar-refractivity contribution in [2.45, 2.75) is 213 Å². The van der Waals surface area contributed by atoms with Gasteiger partial charge in [-0.2, -0.15) is 0 Å². The molecule has 0 aromatic heterocycles. The van der Waals surface area contributed by atoms with E-state index in [1.54, 1.807) is 0 Å². The number of hydrogen-bond acceptors (Lipinski definition) is 8. The van der Waals surface area contributed by atoms with Crippen molar-refractivity contribution in [1.29, 1.82) is 0 Å². The Kier molecular flexibility index (Phi) is 40.5. The van der Waals surface area contributed by atoms with Gasteiger partial charge in [-0.3, -0.25) is 18.6 Å². The second kappa shape index (κ2) is 41.9. The number of phosphoric ester groups is 1. The van der Waals surface area contributed by atoms with Crippen molar-refractivity contribution in [3.05, 3.63) is 36.5 Å². The molecule has 0 aliphatic rings. The van der Waals surface area contributed by atoms with Gasteiger partial charge in [-0.25, -0.2) is 4.57 Å². The molecule has 0 amide bonds. The molecule has 0 saturated heterocycles. The molecule has 0 aliphatic carbocycles. The third-order valence-electron chi connectivity index (χ3n) is 9.53. The maximum Gasteiger partial charge on any atom is 0.472 e. The molecular formula is C45H84NO8P. The molecule has 2 unspecified atom stereocenters. The van der Waals surface area contributed by atoms with E-state index in [0.29, 0.717) is 12.8 Å². The summed E-state index contributed by atoms with van der Waals surface area (Å²) in [6.45, 7) is 3.68. The Morgan fingerprint density at radius 2 is 0.945 bits per heavy atom. The van der Waals surface area contributed by atoms with Crippen LogP contribution in [-0.4, -0.2) is 49.3 Å². The highest BCUT2D eigenvalue weighted by atomic mass is 31.2. The number of esters is 2. The summed E-state index contributed by atoms with van der Waals surface area (Å²) in [5.41, 5.74) is 5.35. The summed E-state index contributed by atoms with van der Waals surface area (Å²) < 4.78 is 32.8. The second-order valence-electron chi connectivity index (χ2n) is 14.9. The third kappa shape index (κ3) is 41.7. The predicted octanol–water partition coefficient (Wildman–Crippen LogP) is 12.9. The fraction of sp³-hybridized carbons (Fsp3) is 0.822. The van der Waals surface area contributed by atoms with Crippen LogP contribution < -0.4 is 5.73 Å². The molecule has 0 aromatic rings.